The summed E-state index contributed by atoms with van der Waals surface area (Å²) in [5.41, 5.74) is 1.43. The van der Waals surface area contributed by atoms with Gasteiger partial charge in [-0.15, -0.1) is 13.2 Å². The molecule has 2 rings (SSSR count). The van der Waals surface area contributed by atoms with E-state index in [4.69, 9.17) is 0 Å². The molecule has 16 heavy (non-hydrogen) atoms. The number of nitrogens with zero attached hydrogens (tertiary/aromatic N) is 1. The third-order valence-electron chi connectivity index (χ3n) is 2.03. The minimum absolute atomic E-state index is 0.253. The van der Waals surface area contributed by atoms with Crippen LogP contribution >= 0.6 is 0 Å². The summed E-state index contributed by atoms with van der Waals surface area (Å²) in [7, 11) is 0. The highest BCUT2D eigenvalue weighted by molar-refractivity contribution is 5.80. The molecule has 0 atom stereocenters. The molecule has 1 aromatic carbocycles. The first-order valence-corrected chi connectivity index (χ1v) is 4.56. The van der Waals surface area contributed by atoms with Gasteiger partial charge in [0.05, 0.1) is 5.52 Å². The summed E-state index contributed by atoms with van der Waals surface area (Å²) in [5.74, 6) is -0.253. The van der Waals surface area contributed by atoms with Gasteiger partial charge in [0.2, 0.25) is 0 Å². The lowest BCUT2D eigenvalue weighted by molar-refractivity contribution is -0.274. The number of rotatable bonds is 1. The first kappa shape index (κ1) is 10.7. The van der Waals surface area contributed by atoms with Crippen LogP contribution < -0.4 is 4.74 Å². The Bertz CT molecular complexity index is 522. The lowest BCUT2D eigenvalue weighted by atomic mass is 10.2. The van der Waals surface area contributed by atoms with E-state index in [1.54, 1.807) is 12.3 Å². The Balaban J connectivity index is 2.41. The number of hydrogen-bond acceptors (Lipinski definition) is 2. The van der Waals surface area contributed by atoms with Crippen LogP contribution in [0.25, 0.3) is 10.9 Å². The summed E-state index contributed by atoms with van der Waals surface area (Å²) in [6.45, 7) is 1.87. The first-order chi connectivity index (χ1) is 7.44. The van der Waals surface area contributed by atoms with Gasteiger partial charge in [-0.1, -0.05) is 0 Å². The highest BCUT2D eigenvalue weighted by atomic mass is 19.4. The average molecular weight is 227 g/mol. The average Bonchev–Trinajstić information content (AvgIpc) is 2.16. The number of fused-ring (bicyclic) bond motifs is 1. The minimum atomic E-state index is -4.67. The number of aromatic nitrogens is 1. The monoisotopic (exact) mass is 227 g/mol. The van der Waals surface area contributed by atoms with Gasteiger partial charge in [0.1, 0.15) is 5.75 Å². The van der Waals surface area contributed by atoms with Crippen molar-refractivity contribution in [3.05, 3.63) is 36.0 Å². The summed E-state index contributed by atoms with van der Waals surface area (Å²) in [5, 5.41) is 0.787. The molecule has 5 heteroatoms. The van der Waals surface area contributed by atoms with E-state index in [9.17, 15) is 13.2 Å². The second-order valence-electron chi connectivity index (χ2n) is 3.41. The molecule has 0 unspecified atom stereocenters. The van der Waals surface area contributed by atoms with Crippen molar-refractivity contribution in [3.63, 3.8) is 0 Å². The second kappa shape index (κ2) is 3.66. The molecule has 1 aromatic heterocycles. The lowest BCUT2D eigenvalue weighted by Crippen LogP contribution is -2.17. The Hall–Kier alpha value is -1.78. The summed E-state index contributed by atoms with van der Waals surface area (Å²) < 4.78 is 39.7. The van der Waals surface area contributed by atoms with E-state index >= 15 is 0 Å². The maximum atomic E-state index is 12.0. The normalized spacial score (nSPS) is 11.8. The van der Waals surface area contributed by atoms with Gasteiger partial charge in [-0.25, -0.2) is 0 Å². The van der Waals surface area contributed by atoms with Crippen molar-refractivity contribution in [2.75, 3.05) is 0 Å². The molecule has 0 fully saturated rings. The molecule has 2 aromatic rings. The van der Waals surface area contributed by atoms with Crippen molar-refractivity contribution in [3.8, 4) is 5.75 Å². The van der Waals surface area contributed by atoms with Crippen LogP contribution in [0.1, 0.15) is 5.56 Å². The van der Waals surface area contributed by atoms with Crippen molar-refractivity contribution >= 4 is 10.9 Å². The van der Waals surface area contributed by atoms with E-state index in [1.807, 2.05) is 13.0 Å². The zero-order chi connectivity index (χ0) is 11.8. The van der Waals surface area contributed by atoms with Crippen molar-refractivity contribution in [1.82, 2.24) is 4.98 Å². The molecule has 2 nitrogen and oxygen atoms in total. The number of alkyl halides is 3. The quantitative estimate of drug-likeness (QED) is 0.744. The summed E-state index contributed by atoms with van der Waals surface area (Å²) in [6.07, 6.45) is -3.07. The Morgan fingerprint density at radius 1 is 1.19 bits per heavy atom. The molecule has 0 bridgehead atoms. The van der Waals surface area contributed by atoms with Crippen molar-refractivity contribution < 1.29 is 17.9 Å². The molecule has 0 aliphatic carbocycles. The SMILES string of the molecule is Cc1cnc2cc(OC(F)(F)F)ccc2c1. The molecule has 0 amide bonds. The van der Waals surface area contributed by atoms with Gasteiger partial charge >= 0.3 is 6.36 Å². The van der Waals surface area contributed by atoms with Crippen LogP contribution in [0.5, 0.6) is 5.75 Å². The number of aryl methyl sites for hydroxylation is 1. The van der Waals surface area contributed by atoms with Gasteiger partial charge in [0.25, 0.3) is 0 Å². The highest BCUT2D eigenvalue weighted by Gasteiger charge is 2.31. The van der Waals surface area contributed by atoms with Crippen LogP contribution in [-0.2, 0) is 0 Å². The standard InChI is InChI=1S/C11H8F3NO/c1-7-4-8-2-3-9(16-11(12,13)14)5-10(8)15-6-7/h2-6H,1H3. The molecule has 0 aliphatic heterocycles. The molecule has 0 radical (unpaired) electrons. The number of ether oxygens (including phenoxy) is 1. The third kappa shape index (κ3) is 2.42. The summed E-state index contributed by atoms with van der Waals surface area (Å²) in [6, 6.07) is 5.94. The van der Waals surface area contributed by atoms with Crippen LogP contribution in [0.2, 0.25) is 0 Å². The van der Waals surface area contributed by atoms with Gasteiger partial charge in [-0.2, -0.15) is 0 Å². The number of halogens is 3. The maximum Gasteiger partial charge on any atom is 0.573 e. The van der Waals surface area contributed by atoms with Crippen LogP contribution in [0.3, 0.4) is 0 Å². The summed E-state index contributed by atoms with van der Waals surface area (Å²) in [4.78, 5) is 4.02. The fourth-order valence-corrected chi connectivity index (χ4v) is 1.41. The van der Waals surface area contributed by atoms with Gasteiger partial charge in [0.15, 0.2) is 0 Å². The Kier molecular flexibility index (Phi) is 2.46. The number of hydrogen-bond donors (Lipinski definition) is 0. The zero-order valence-corrected chi connectivity index (χ0v) is 8.38. The van der Waals surface area contributed by atoms with E-state index in [-0.39, 0.29) is 5.75 Å². The van der Waals surface area contributed by atoms with E-state index < -0.39 is 6.36 Å². The second-order valence-corrected chi connectivity index (χ2v) is 3.41. The third-order valence-corrected chi connectivity index (χ3v) is 2.03. The molecule has 0 saturated heterocycles. The molecular weight excluding hydrogens is 219 g/mol. The predicted octanol–water partition coefficient (Wildman–Crippen LogP) is 3.44. The van der Waals surface area contributed by atoms with Gasteiger partial charge in [-0.3, -0.25) is 4.98 Å². The van der Waals surface area contributed by atoms with Gasteiger partial charge in [0, 0.05) is 17.6 Å². The van der Waals surface area contributed by atoms with Crippen molar-refractivity contribution in [2.24, 2.45) is 0 Å². The first-order valence-electron chi connectivity index (χ1n) is 4.56. The van der Waals surface area contributed by atoms with Gasteiger partial charge < -0.3 is 4.74 Å². The highest BCUT2D eigenvalue weighted by Crippen LogP contribution is 2.25. The molecule has 84 valence electrons. The van der Waals surface area contributed by atoms with Gasteiger partial charge in [-0.05, 0) is 30.7 Å². The zero-order valence-electron chi connectivity index (χ0n) is 8.38. The van der Waals surface area contributed by atoms with Crippen LogP contribution in [0, 0.1) is 6.92 Å². The van der Waals surface area contributed by atoms with Crippen molar-refractivity contribution in [1.29, 1.82) is 0 Å². The lowest BCUT2D eigenvalue weighted by Gasteiger charge is -2.09. The van der Waals surface area contributed by atoms with E-state index in [0.717, 1.165) is 10.9 Å². The van der Waals surface area contributed by atoms with E-state index in [2.05, 4.69) is 9.72 Å². The predicted molar refractivity (Wildman–Crippen MR) is 53.2 cm³/mol. The molecule has 0 saturated carbocycles. The Labute approximate surface area is 89.7 Å². The fourth-order valence-electron chi connectivity index (χ4n) is 1.41. The topological polar surface area (TPSA) is 22.1 Å². The van der Waals surface area contributed by atoms with Crippen LogP contribution in [0.4, 0.5) is 13.2 Å². The molecule has 1 heterocycles. The smallest absolute Gasteiger partial charge is 0.406 e. The maximum absolute atomic E-state index is 12.0. The number of pyridine rings is 1. The Morgan fingerprint density at radius 2 is 1.94 bits per heavy atom. The van der Waals surface area contributed by atoms with E-state index in [0.29, 0.717) is 5.52 Å². The van der Waals surface area contributed by atoms with Crippen LogP contribution in [-0.4, -0.2) is 11.3 Å². The summed E-state index contributed by atoms with van der Waals surface area (Å²) >= 11 is 0. The molecular formula is C11H8F3NO. The Morgan fingerprint density at radius 3 is 2.62 bits per heavy atom. The van der Waals surface area contributed by atoms with E-state index in [1.165, 1.54) is 12.1 Å². The number of benzene rings is 1. The molecule has 0 spiro atoms. The fraction of sp³-hybridized carbons (Fsp3) is 0.182. The largest absolute Gasteiger partial charge is 0.573 e. The van der Waals surface area contributed by atoms with Crippen molar-refractivity contribution in [2.45, 2.75) is 13.3 Å². The van der Waals surface area contributed by atoms with Crippen LogP contribution in [0.15, 0.2) is 30.5 Å². The minimum Gasteiger partial charge on any atom is -0.406 e. The molecule has 0 aliphatic rings. The molecule has 0 N–H and O–H groups in total.